The van der Waals surface area contributed by atoms with E-state index in [0.717, 1.165) is 35.5 Å². The maximum Gasteiger partial charge on any atom is 0.416 e. The van der Waals surface area contributed by atoms with Crippen LogP contribution in [0.3, 0.4) is 0 Å². The number of nitrogens with zero attached hydrogens (tertiary/aromatic N) is 2. The van der Waals surface area contributed by atoms with E-state index in [1.807, 2.05) is 18.2 Å². The van der Waals surface area contributed by atoms with E-state index in [4.69, 9.17) is 34.8 Å². The maximum atomic E-state index is 13.1. The summed E-state index contributed by atoms with van der Waals surface area (Å²) in [4.78, 5) is 16.7. The van der Waals surface area contributed by atoms with Gasteiger partial charge in [-0.2, -0.15) is 13.2 Å². The molecule has 2 atom stereocenters. The molecule has 0 aromatic heterocycles. The quantitative estimate of drug-likeness (QED) is 0.394. The summed E-state index contributed by atoms with van der Waals surface area (Å²) in [7, 11) is 0. The SMILES string of the molecule is O=C(C(O)c1ccc(C(F)(F)F)cc1)N1CCN(c2ccc(Cl)cc2Cl)[C@H](c2ccc(Cl)cc2)C1. The van der Waals surface area contributed by atoms with Crippen LogP contribution in [-0.4, -0.2) is 35.5 Å². The van der Waals surface area contributed by atoms with Crippen molar-refractivity contribution in [2.45, 2.75) is 18.3 Å². The Hall–Kier alpha value is -2.45. The molecule has 184 valence electrons. The summed E-state index contributed by atoms with van der Waals surface area (Å²) in [5, 5.41) is 12.2. The number of rotatable bonds is 4. The summed E-state index contributed by atoms with van der Waals surface area (Å²) >= 11 is 18.6. The Morgan fingerprint density at radius 2 is 1.54 bits per heavy atom. The van der Waals surface area contributed by atoms with Crippen LogP contribution in [0.2, 0.25) is 15.1 Å². The minimum atomic E-state index is -4.50. The second kappa shape index (κ2) is 10.3. The number of amides is 1. The van der Waals surface area contributed by atoms with Crippen LogP contribution in [0.1, 0.15) is 28.8 Å². The summed E-state index contributed by atoms with van der Waals surface area (Å²) in [6.45, 7) is 0.900. The van der Waals surface area contributed by atoms with Gasteiger partial charge in [0, 0.05) is 29.7 Å². The van der Waals surface area contributed by atoms with Gasteiger partial charge in [-0.05, 0) is 53.6 Å². The van der Waals surface area contributed by atoms with Gasteiger partial charge < -0.3 is 14.9 Å². The molecule has 35 heavy (non-hydrogen) atoms. The van der Waals surface area contributed by atoms with Crippen molar-refractivity contribution in [2.24, 2.45) is 0 Å². The smallest absolute Gasteiger partial charge is 0.378 e. The molecule has 10 heteroatoms. The standard InChI is InChI=1S/C25H20Cl3F3N2O2/c26-18-7-3-15(4-8-18)22-14-32(11-12-33(22)21-10-9-19(27)13-20(21)28)24(35)23(34)16-1-5-17(6-2-16)25(29,30)31/h1-10,13,22-23,34H,11-12,14H2/t22-,23?/m0/s1. The van der Waals surface area contributed by atoms with Crippen molar-refractivity contribution in [3.8, 4) is 0 Å². The second-order valence-corrected chi connectivity index (χ2v) is 9.44. The van der Waals surface area contributed by atoms with E-state index in [2.05, 4.69) is 4.90 Å². The van der Waals surface area contributed by atoms with E-state index in [9.17, 15) is 23.1 Å². The van der Waals surface area contributed by atoms with E-state index in [1.54, 1.807) is 24.3 Å². The third-order valence-corrected chi connectivity index (χ3v) is 6.74. The molecule has 0 saturated carbocycles. The van der Waals surface area contributed by atoms with E-state index >= 15 is 0 Å². The maximum absolute atomic E-state index is 13.1. The predicted molar refractivity (Wildman–Crippen MR) is 131 cm³/mol. The van der Waals surface area contributed by atoms with E-state index in [0.29, 0.717) is 21.6 Å². The number of carbonyl (C=O) groups is 1. The number of alkyl halides is 3. The molecule has 3 aromatic carbocycles. The number of anilines is 1. The molecule has 1 unspecified atom stereocenters. The van der Waals surface area contributed by atoms with Crippen LogP contribution in [-0.2, 0) is 11.0 Å². The van der Waals surface area contributed by atoms with Crippen LogP contribution in [0.15, 0.2) is 66.7 Å². The highest BCUT2D eigenvalue weighted by atomic mass is 35.5. The van der Waals surface area contributed by atoms with Gasteiger partial charge in [0.25, 0.3) is 5.91 Å². The van der Waals surface area contributed by atoms with Crippen LogP contribution in [0, 0.1) is 0 Å². The molecule has 1 amide bonds. The first-order valence-corrected chi connectivity index (χ1v) is 11.8. The van der Waals surface area contributed by atoms with Crippen LogP contribution in [0.5, 0.6) is 0 Å². The zero-order valence-corrected chi connectivity index (χ0v) is 20.4. The van der Waals surface area contributed by atoms with Gasteiger partial charge in [0.05, 0.1) is 22.3 Å². The molecule has 1 aliphatic rings. The zero-order chi connectivity index (χ0) is 25.3. The van der Waals surface area contributed by atoms with Gasteiger partial charge in [-0.15, -0.1) is 0 Å². The Bertz CT molecular complexity index is 1200. The lowest BCUT2D eigenvalue weighted by atomic mass is 9.99. The number of hydrogen-bond acceptors (Lipinski definition) is 3. The molecule has 0 spiro atoms. The fraction of sp³-hybridized carbons (Fsp3) is 0.240. The van der Waals surface area contributed by atoms with Gasteiger partial charge >= 0.3 is 6.18 Å². The molecule has 1 N–H and O–H groups in total. The number of piperazine rings is 1. The molecule has 1 saturated heterocycles. The summed E-state index contributed by atoms with van der Waals surface area (Å²) in [6, 6.07) is 16.0. The van der Waals surface area contributed by atoms with Gasteiger partial charge in [-0.25, -0.2) is 0 Å². The highest BCUT2D eigenvalue weighted by molar-refractivity contribution is 6.36. The highest BCUT2D eigenvalue weighted by Gasteiger charge is 2.35. The minimum absolute atomic E-state index is 0.0919. The van der Waals surface area contributed by atoms with Gasteiger partial charge in [0.15, 0.2) is 6.10 Å². The summed E-state index contributed by atoms with van der Waals surface area (Å²) in [5.74, 6) is -0.592. The number of carbonyl (C=O) groups excluding carboxylic acids is 1. The van der Waals surface area contributed by atoms with Crippen LogP contribution >= 0.6 is 34.8 Å². The lowest BCUT2D eigenvalue weighted by Gasteiger charge is -2.44. The van der Waals surface area contributed by atoms with Crippen molar-refractivity contribution in [3.63, 3.8) is 0 Å². The Kier molecular flexibility index (Phi) is 7.52. The van der Waals surface area contributed by atoms with Crippen LogP contribution in [0.25, 0.3) is 0 Å². The zero-order valence-electron chi connectivity index (χ0n) is 18.1. The molecule has 4 rings (SSSR count). The molecule has 0 aliphatic carbocycles. The normalized spacial score (nSPS) is 17.4. The lowest BCUT2D eigenvalue weighted by molar-refractivity contribution is -0.141. The molecular formula is C25H20Cl3F3N2O2. The fourth-order valence-corrected chi connectivity index (χ4v) is 4.77. The molecule has 1 fully saturated rings. The van der Waals surface area contributed by atoms with Crippen molar-refractivity contribution < 1.29 is 23.1 Å². The largest absolute Gasteiger partial charge is 0.416 e. The predicted octanol–water partition coefficient (Wildman–Crippen LogP) is 6.79. The first kappa shape index (κ1) is 25.6. The van der Waals surface area contributed by atoms with Crippen LogP contribution < -0.4 is 4.90 Å². The Morgan fingerprint density at radius 3 is 2.14 bits per heavy atom. The van der Waals surface area contributed by atoms with Crippen molar-refractivity contribution in [1.29, 1.82) is 0 Å². The number of hydrogen-bond donors (Lipinski definition) is 1. The Balaban J connectivity index is 1.59. The number of halogens is 6. The Morgan fingerprint density at radius 1 is 0.914 bits per heavy atom. The third kappa shape index (κ3) is 5.70. The Labute approximate surface area is 215 Å². The fourth-order valence-electron chi connectivity index (χ4n) is 4.13. The van der Waals surface area contributed by atoms with Gasteiger partial charge in [0.1, 0.15) is 0 Å². The molecule has 3 aromatic rings. The third-order valence-electron chi connectivity index (χ3n) is 5.95. The second-order valence-electron chi connectivity index (χ2n) is 8.16. The van der Waals surface area contributed by atoms with Crippen molar-refractivity contribution in [3.05, 3.63) is 98.5 Å². The molecular weight excluding hydrogens is 524 g/mol. The summed E-state index contributed by atoms with van der Waals surface area (Å²) in [6.07, 6.45) is -6.09. The first-order valence-electron chi connectivity index (χ1n) is 10.7. The van der Waals surface area contributed by atoms with E-state index in [1.165, 1.54) is 4.90 Å². The van der Waals surface area contributed by atoms with Crippen LogP contribution in [0.4, 0.5) is 18.9 Å². The van der Waals surface area contributed by atoms with E-state index < -0.39 is 23.8 Å². The van der Waals surface area contributed by atoms with Crippen molar-refractivity contribution >= 4 is 46.4 Å². The highest BCUT2D eigenvalue weighted by Crippen LogP contribution is 2.37. The van der Waals surface area contributed by atoms with Crippen molar-refractivity contribution in [2.75, 3.05) is 24.5 Å². The van der Waals surface area contributed by atoms with Crippen molar-refractivity contribution in [1.82, 2.24) is 4.90 Å². The topological polar surface area (TPSA) is 43.8 Å². The number of aliphatic hydroxyl groups is 1. The minimum Gasteiger partial charge on any atom is -0.378 e. The van der Waals surface area contributed by atoms with Gasteiger partial charge in [-0.1, -0.05) is 59.1 Å². The number of aliphatic hydroxyl groups excluding tert-OH is 1. The van der Waals surface area contributed by atoms with E-state index in [-0.39, 0.29) is 24.7 Å². The molecule has 4 nitrogen and oxygen atoms in total. The lowest BCUT2D eigenvalue weighted by Crippen LogP contribution is -2.51. The van der Waals surface area contributed by atoms with Gasteiger partial charge in [-0.3, -0.25) is 4.79 Å². The summed E-state index contributed by atoms with van der Waals surface area (Å²) in [5.41, 5.74) is 0.861. The number of benzene rings is 3. The van der Waals surface area contributed by atoms with Gasteiger partial charge in [0.2, 0.25) is 0 Å². The molecule has 0 bridgehead atoms. The average molecular weight is 544 g/mol. The summed E-state index contributed by atoms with van der Waals surface area (Å²) < 4.78 is 38.6. The first-order chi connectivity index (χ1) is 16.5. The average Bonchev–Trinajstić information content (AvgIpc) is 2.83. The molecule has 1 heterocycles. The molecule has 0 radical (unpaired) electrons. The monoisotopic (exact) mass is 542 g/mol. The molecule has 1 aliphatic heterocycles.